The Balaban J connectivity index is 2.09. The maximum Gasteiger partial charge on any atom is 0.264 e. The van der Waals surface area contributed by atoms with Gasteiger partial charge >= 0.3 is 0 Å². The van der Waals surface area contributed by atoms with Crippen LogP contribution < -0.4 is 0 Å². The first-order valence-corrected chi connectivity index (χ1v) is 7.49. The van der Waals surface area contributed by atoms with Gasteiger partial charge in [0.25, 0.3) is 5.91 Å². The van der Waals surface area contributed by atoms with E-state index in [0.29, 0.717) is 16.4 Å². The lowest BCUT2D eigenvalue weighted by Gasteiger charge is -2.17. The topological polar surface area (TPSA) is 40.5 Å². The summed E-state index contributed by atoms with van der Waals surface area (Å²) < 4.78 is 0. The fourth-order valence-corrected chi connectivity index (χ4v) is 2.86. The van der Waals surface area contributed by atoms with E-state index in [1.54, 1.807) is 24.1 Å². The summed E-state index contributed by atoms with van der Waals surface area (Å²) in [6, 6.07) is 11.0. The van der Waals surface area contributed by atoms with Gasteiger partial charge in [-0.15, -0.1) is 11.3 Å². The molecule has 21 heavy (non-hydrogen) atoms. The van der Waals surface area contributed by atoms with Crippen LogP contribution in [0.15, 0.2) is 36.4 Å². The zero-order valence-electron chi connectivity index (χ0n) is 11.5. The Bertz CT molecular complexity index is 700. The molecule has 108 valence electrons. The maximum absolute atomic E-state index is 12.3. The number of rotatable bonds is 3. The van der Waals surface area contributed by atoms with Crippen LogP contribution in [0.5, 0.6) is 0 Å². The Labute approximate surface area is 132 Å². The van der Waals surface area contributed by atoms with Gasteiger partial charge in [-0.2, -0.15) is 0 Å². The van der Waals surface area contributed by atoms with E-state index in [0.717, 1.165) is 10.4 Å². The number of nitrogens with zero attached hydrogens (tertiary/aromatic N) is 1. The molecule has 2 aromatic rings. The molecule has 0 spiro atoms. The monoisotopic (exact) mass is 319 g/mol. The minimum absolute atomic E-state index is 0.0723. The van der Waals surface area contributed by atoms with E-state index in [4.69, 9.17) is 16.7 Å². The summed E-state index contributed by atoms with van der Waals surface area (Å²) in [6.07, 6.45) is 0. The number of carbonyl (C=O) groups excluding carboxylic acids is 1. The van der Waals surface area contributed by atoms with E-state index in [2.05, 4.69) is 11.8 Å². The predicted molar refractivity (Wildman–Crippen MR) is 85.5 cm³/mol. The highest BCUT2D eigenvalue weighted by molar-refractivity contribution is 7.14. The highest BCUT2D eigenvalue weighted by Crippen LogP contribution is 2.20. The van der Waals surface area contributed by atoms with Crippen molar-refractivity contribution in [2.45, 2.75) is 6.54 Å². The zero-order chi connectivity index (χ0) is 15.2. The van der Waals surface area contributed by atoms with Gasteiger partial charge in [0.05, 0.1) is 9.75 Å². The molecular formula is C16H14ClNO2S. The molecule has 0 bridgehead atoms. The van der Waals surface area contributed by atoms with Crippen LogP contribution in [0, 0.1) is 11.8 Å². The molecule has 3 nitrogen and oxygen atoms in total. The first kappa shape index (κ1) is 15.6. The number of hydrogen-bond acceptors (Lipinski definition) is 3. The number of thiophene rings is 1. The molecule has 2 rings (SSSR count). The number of hydrogen-bond donors (Lipinski definition) is 1. The number of halogens is 1. The molecule has 0 fully saturated rings. The summed E-state index contributed by atoms with van der Waals surface area (Å²) in [7, 11) is 1.74. The van der Waals surface area contributed by atoms with E-state index < -0.39 is 0 Å². The van der Waals surface area contributed by atoms with Crippen molar-refractivity contribution in [2.24, 2.45) is 0 Å². The zero-order valence-corrected chi connectivity index (χ0v) is 13.0. The molecule has 0 saturated carbocycles. The molecule has 0 atom stereocenters. The minimum atomic E-state index is -0.187. The second kappa shape index (κ2) is 7.28. The Morgan fingerprint density at radius 2 is 2.10 bits per heavy atom. The van der Waals surface area contributed by atoms with Gasteiger partial charge in [-0.3, -0.25) is 4.79 Å². The van der Waals surface area contributed by atoms with Crippen molar-refractivity contribution in [3.05, 3.63) is 56.7 Å². The highest BCUT2D eigenvalue weighted by atomic mass is 35.5. The fraction of sp³-hybridized carbons (Fsp3) is 0.188. The largest absolute Gasteiger partial charge is 0.384 e. The van der Waals surface area contributed by atoms with Gasteiger partial charge in [-0.05, 0) is 23.8 Å². The molecule has 1 amide bonds. The molecule has 0 aliphatic rings. The minimum Gasteiger partial charge on any atom is -0.384 e. The van der Waals surface area contributed by atoms with Crippen molar-refractivity contribution in [1.82, 2.24) is 4.90 Å². The third kappa shape index (κ3) is 4.08. The predicted octanol–water partition coefficient (Wildman–Crippen LogP) is 3.02. The Morgan fingerprint density at radius 3 is 2.81 bits per heavy atom. The van der Waals surface area contributed by atoms with Gasteiger partial charge in [-0.25, -0.2) is 0 Å². The van der Waals surface area contributed by atoms with Gasteiger partial charge in [0, 0.05) is 18.6 Å². The molecule has 0 aliphatic carbocycles. The Hall–Kier alpha value is -1.80. The average molecular weight is 320 g/mol. The third-order valence-electron chi connectivity index (χ3n) is 2.82. The molecule has 1 heterocycles. The smallest absolute Gasteiger partial charge is 0.264 e. The molecule has 0 saturated heterocycles. The summed E-state index contributed by atoms with van der Waals surface area (Å²) in [6.45, 7) is 0.266. The standard InChI is InChI=1S/C16H14ClNO2S/c1-18(11-12-5-2-3-7-14(12)17)16(20)15-9-8-13(21-15)6-4-10-19/h2-3,5,7-9,19H,10-11H2,1H3. The third-order valence-corrected chi connectivity index (χ3v) is 4.18. The van der Waals surface area contributed by atoms with Gasteiger partial charge in [0.15, 0.2) is 0 Å². The maximum atomic E-state index is 12.3. The quantitative estimate of drug-likeness (QED) is 0.883. The number of carbonyl (C=O) groups is 1. The number of aliphatic hydroxyl groups excluding tert-OH is 1. The second-order valence-electron chi connectivity index (χ2n) is 4.38. The molecule has 1 N–H and O–H groups in total. The molecule has 0 radical (unpaired) electrons. The van der Waals surface area contributed by atoms with Gasteiger partial charge < -0.3 is 10.0 Å². The lowest BCUT2D eigenvalue weighted by atomic mass is 10.2. The van der Waals surface area contributed by atoms with Gasteiger partial charge in [0.2, 0.25) is 0 Å². The first-order valence-electron chi connectivity index (χ1n) is 6.30. The van der Waals surface area contributed by atoms with Gasteiger partial charge in [0.1, 0.15) is 6.61 Å². The van der Waals surface area contributed by atoms with Crippen LogP contribution >= 0.6 is 22.9 Å². The van der Waals surface area contributed by atoms with Gasteiger partial charge in [-0.1, -0.05) is 41.6 Å². The van der Waals surface area contributed by atoms with E-state index in [1.807, 2.05) is 24.3 Å². The number of aliphatic hydroxyl groups is 1. The normalized spacial score (nSPS) is 9.86. The van der Waals surface area contributed by atoms with E-state index >= 15 is 0 Å². The molecule has 1 aromatic carbocycles. The summed E-state index contributed by atoms with van der Waals surface area (Å²) in [4.78, 5) is 15.3. The van der Waals surface area contributed by atoms with Crippen molar-refractivity contribution in [3.8, 4) is 11.8 Å². The summed E-state index contributed by atoms with van der Waals surface area (Å²) in [5.41, 5.74) is 0.909. The second-order valence-corrected chi connectivity index (χ2v) is 5.87. The van der Waals surface area contributed by atoms with Crippen molar-refractivity contribution >= 4 is 28.8 Å². The van der Waals surface area contributed by atoms with Crippen LogP contribution in [0.25, 0.3) is 0 Å². The van der Waals surface area contributed by atoms with E-state index in [-0.39, 0.29) is 12.5 Å². The lowest BCUT2D eigenvalue weighted by molar-refractivity contribution is 0.0790. The molecule has 0 unspecified atom stereocenters. The average Bonchev–Trinajstić information content (AvgIpc) is 2.95. The van der Waals surface area contributed by atoms with E-state index in [1.165, 1.54) is 11.3 Å². The molecule has 5 heteroatoms. The summed E-state index contributed by atoms with van der Waals surface area (Å²) in [5.74, 6) is 5.29. The lowest BCUT2D eigenvalue weighted by Crippen LogP contribution is -2.25. The highest BCUT2D eigenvalue weighted by Gasteiger charge is 2.15. The van der Waals surface area contributed by atoms with Crippen LogP contribution in [0.4, 0.5) is 0 Å². The molecule has 1 aromatic heterocycles. The van der Waals surface area contributed by atoms with Crippen LogP contribution in [-0.2, 0) is 6.54 Å². The van der Waals surface area contributed by atoms with Crippen molar-refractivity contribution < 1.29 is 9.90 Å². The molecule has 0 aliphatic heterocycles. The van der Waals surface area contributed by atoms with Crippen LogP contribution in [0.3, 0.4) is 0 Å². The van der Waals surface area contributed by atoms with Crippen molar-refractivity contribution in [2.75, 3.05) is 13.7 Å². The molecular weight excluding hydrogens is 306 g/mol. The SMILES string of the molecule is CN(Cc1ccccc1Cl)C(=O)c1ccc(C#CCO)s1. The number of amides is 1. The van der Waals surface area contributed by atoms with E-state index in [9.17, 15) is 4.79 Å². The Kier molecular flexibility index (Phi) is 5.40. The van der Waals surface area contributed by atoms with Crippen LogP contribution in [-0.4, -0.2) is 29.6 Å². The van der Waals surface area contributed by atoms with Crippen LogP contribution in [0.2, 0.25) is 5.02 Å². The van der Waals surface area contributed by atoms with Crippen LogP contribution in [0.1, 0.15) is 20.1 Å². The number of benzene rings is 1. The fourth-order valence-electron chi connectivity index (χ4n) is 1.79. The summed E-state index contributed by atoms with van der Waals surface area (Å²) >= 11 is 7.42. The first-order chi connectivity index (χ1) is 10.1. The Morgan fingerprint density at radius 1 is 1.33 bits per heavy atom. The van der Waals surface area contributed by atoms with Crippen molar-refractivity contribution in [3.63, 3.8) is 0 Å². The van der Waals surface area contributed by atoms with Crippen molar-refractivity contribution in [1.29, 1.82) is 0 Å². The summed E-state index contributed by atoms with van der Waals surface area (Å²) in [5, 5.41) is 9.32.